The van der Waals surface area contributed by atoms with Gasteiger partial charge in [0.1, 0.15) is 0 Å². The molecule has 2 aliphatic rings. The number of hydrogen-bond acceptors (Lipinski definition) is 2. The first-order valence-corrected chi connectivity index (χ1v) is 24.6. The van der Waals surface area contributed by atoms with E-state index in [1.54, 1.807) is 0 Å². The van der Waals surface area contributed by atoms with Crippen LogP contribution in [-0.4, -0.2) is 0 Å². The molecular weight excluding hydrogens is 845 g/mol. The fourth-order valence-corrected chi connectivity index (χ4v) is 12.0. The van der Waals surface area contributed by atoms with Crippen molar-refractivity contribution in [3.63, 3.8) is 0 Å². The summed E-state index contributed by atoms with van der Waals surface area (Å²) in [5, 5.41) is 5.02. The van der Waals surface area contributed by atoms with Gasteiger partial charge >= 0.3 is 0 Å². The molecule has 70 heavy (non-hydrogen) atoms. The second kappa shape index (κ2) is 16.1. The van der Waals surface area contributed by atoms with Gasteiger partial charge in [0.05, 0.1) is 0 Å². The highest BCUT2D eigenvalue weighted by Crippen LogP contribution is 2.53. The molecule has 0 N–H and O–H groups in total. The third kappa shape index (κ3) is 6.47. The van der Waals surface area contributed by atoms with Crippen LogP contribution >= 0.6 is 0 Å². The minimum Gasteiger partial charge on any atom is -0.311 e. The predicted molar refractivity (Wildman–Crippen MR) is 297 cm³/mol. The molecule has 0 spiro atoms. The predicted octanol–water partition coefficient (Wildman–Crippen LogP) is 18.9. The molecule has 0 atom stereocenters. The fraction of sp³-hybridized carbons (Fsp3) is 0.0882. The maximum Gasteiger partial charge on any atom is 0.0465 e. The molecular formula is C68H52N2. The quantitative estimate of drug-likeness (QED) is 0.140. The summed E-state index contributed by atoms with van der Waals surface area (Å²) in [5.41, 5.74) is 22.1. The topological polar surface area (TPSA) is 6.48 Å². The van der Waals surface area contributed by atoms with Crippen LogP contribution in [0.2, 0.25) is 0 Å². The van der Waals surface area contributed by atoms with Crippen LogP contribution in [0.1, 0.15) is 49.9 Å². The monoisotopic (exact) mass is 896 g/mol. The molecule has 2 heteroatoms. The molecule has 0 aliphatic heterocycles. The van der Waals surface area contributed by atoms with Crippen molar-refractivity contribution in [2.45, 2.75) is 38.5 Å². The van der Waals surface area contributed by atoms with E-state index in [1.807, 2.05) is 0 Å². The highest BCUT2D eigenvalue weighted by molar-refractivity contribution is 6.21. The highest BCUT2D eigenvalue weighted by Gasteiger charge is 2.38. The lowest BCUT2D eigenvalue weighted by atomic mass is 9.82. The SMILES string of the molecule is CC1(C)c2ccccc2-c2ccc(N(c3ccc(N(c4ccccc4)c4ccc(-c5c6ccccc6c(-c6ccccc6)c6ccccc56)cc4)cc3)c3ccc4c(c3)C(C)(C)c3ccccc3-4)cc21. The number of hydrogen-bond donors (Lipinski definition) is 0. The van der Waals surface area contributed by atoms with Crippen LogP contribution in [0.4, 0.5) is 34.1 Å². The van der Waals surface area contributed by atoms with E-state index in [1.165, 1.54) is 88.3 Å². The lowest BCUT2D eigenvalue weighted by molar-refractivity contribution is 0.660. The average Bonchev–Trinajstić information content (AvgIpc) is 3.78. The van der Waals surface area contributed by atoms with Crippen LogP contribution < -0.4 is 9.80 Å². The molecule has 0 aromatic heterocycles. The molecule has 0 heterocycles. The zero-order valence-corrected chi connectivity index (χ0v) is 40.0. The largest absolute Gasteiger partial charge is 0.311 e. The number of para-hydroxylation sites is 1. The summed E-state index contributed by atoms with van der Waals surface area (Å²) in [6.45, 7) is 9.47. The van der Waals surface area contributed by atoms with E-state index in [4.69, 9.17) is 0 Å². The number of rotatable bonds is 8. The summed E-state index contributed by atoms with van der Waals surface area (Å²) in [5.74, 6) is 0. The Balaban J connectivity index is 0.922. The van der Waals surface area contributed by atoms with Crippen molar-refractivity contribution in [3.05, 3.63) is 265 Å². The van der Waals surface area contributed by atoms with Crippen LogP contribution in [0, 0.1) is 0 Å². The van der Waals surface area contributed by atoms with Crippen molar-refractivity contribution in [2.24, 2.45) is 0 Å². The summed E-state index contributed by atoms with van der Waals surface area (Å²) >= 11 is 0. The van der Waals surface area contributed by atoms with Crippen molar-refractivity contribution >= 4 is 55.7 Å². The van der Waals surface area contributed by atoms with Gasteiger partial charge in [-0.05, 0) is 161 Å². The molecule has 0 bridgehead atoms. The first-order chi connectivity index (χ1) is 34.3. The summed E-state index contributed by atoms with van der Waals surface area (Å²) in [7, 11) is 0. The normalized spacial score (nSPS) is 13.7. The molecule has 0 amide bonds. The summed E-state index contributed by atoms with van der Waals surface area (Å²) in [4.78, 5) is 4.83. The van der Waals surface area contributed by atoms with E-state index >= 15 is 0 Å². The Bertz CT molecular complexity index is 3650. The van der Waals surface area contributed by atoms with E-state index in [2.05, 4.69) is 280 Å². The maximum absolute atomic E-state index is 2.46. The fourth-order valence-electron chi connectivity index (χ4n) is 12.0. The molecule has 0 saturated carbocycles. The lowest BCUT2D eigenvalue weighted by Gasteiger charge is -2.30. The minimum atomic E-state index is -0.128. The number of nitrogens with zero attached hydrogens (tertiary/aromatic N) is 2. The van der Waals surface area contributed by atoms with E-state index in [0.29, 0.717) is 0 Å². The molecule has 334 valence electrons. The zero-order chi connectivity index (χ0) is 47.1. The van der Waals surface area contributed by atoms with Gasteiger partial charge in [-0.25, -0.2) is 0 Å². The Morgan fingerprint density at radius 1 is 0.243 bits per heavy atom. The van der Waals surface area contributed by atoms with Crippen molar-refractivity contribution in [1.29, 1.82) is 0 Å². The van der Waals surface area contributed by atoms with E-state index in [0.717, 1.165) is 34.1 Å². The van der Waals surface area contributed by atoms with Crippen molar-refractivity contribution in [3.8, 4) is 44.5 Å². The number of fused-ring (bicyclic) bond motifs is 8. The van der Waals surface area contributed by atoms with Gasteiger partial charge in [-0.2, -0.15) is 0 Å². The first-order valence-electron chi connectivity index (χ1n) is 24.6. The lowest BCUT2D eigenvalue weighted by Crippen LogP contribution is -2.18. The molecule has 11 aromatic rings. The van der Waals surface area contributed by atoms with Crippen LogP contribution in [0.15, 0.2) is 243 Å². The second-order valence-corrected chi connectivity index (χ2v) is 20.1. The van der Waals surface area contributed by atoms with E-state index in [-0.39, 0.29) is 10.8 Å². The Kier molecular flexibility index (Phi) is 9.58. The number of anilines is 6. The van der Waals surface area contributed by atoms with Gasteiger partial charge in [-0.3, -0.25) is 0 Å². The third-order valence-electron chi connectivity index (χ3n) is 15.4. The number of benzene rings is 11. The van der Waals surface area contributed by atoms with Crippen molar-refractivity contribution in [1.82, 2.24) is 0 Å². The van der Waals surface area contributed by atoms with E-state index in [9.17, 15) is 0 Å². The summed E-state index contributed by atoms with van der Waals surface area (Å²) in [6.07, 6.45) is 0. The molecule has 2 nitrogen and oxygen atoms in total. The molecule has 2 aliphatic carbocycles. The molecule has 0 saturated heterocycles. The molecule has 0 fully saturated rings. The van der Waals surface area contributed by atoms with Gasteiger partial charge in [0.25, 0.3) is 0 Å². The van der Waals surface area contributed by atoms with Gasteiger partial charge < -0.3 is 9.80 Å². The Hall–Kier alpha value is -8.46. The first kappa shape index (κ1) is 41.7. The van der Waals surface area contributed by atoms with Crippen LogP contribution in [0.5, 0.6) is 0 Å². The second-order valence-electron chi connectivity index (χ2n) is 20.1. The van der Waals surface area contributed by atoms with Crippen molar-refractivity contribution in [2.75, 3.05) is 9.80 Å². The third-order valence-corrected chi connectivity index (χ3v) is 15.4. The van der Waals surface area contributed by atoms with Gasteiger partial charge in [0.2, 0.25) is 0 Å². The molecule has 13 rings (SSSR count). The van der Waals surface area contributed by atoms with Gasteiger partial charge in [-0.1, -0.05) is 198 Å². The Morgan fingerprint density at radius 2 is 0.543 bits per heavy atom. The maximum atomic E-state index is 2.46. The average molecular weight is 897 g/mol. The smallest absolute Gasteiger partial charge is 0.0465 e. The minimum absolute atomic E-state index is 0.128. The zero-order valence-electron chi connectivity index (χ0n) is 40.0. The summed E-state index contributed by atoms with van der Waals surface area (Å²) < 4.78 is 0. The van der Waals surface area contributed by atoms with Crippen molar-refractivity contribution < 1.29 is 0 Å². The highest BCUT2D eigenvalue weighted by atomic mass is 15.2. The van der Waals surface area contributed by atoms with Gasteiger partial charge in [-0.15, -0.1) is 0 Å². The summed E-state index contributed by atoms with van der Waals surface area (Å²) in [6, 6.07) is 89.7. The van der Waals surface area contributed by atoms with E-state index < -0.39 is 0 Å². The van der Waals surface area contributed by atoms with Crippen LogP contribution in [0.3, 0.4) is 0 Å². The molecule has 11 aromatic carbocycles. The Morgan fingerprint density at radius 3 is 0.986 bits per heavy atom. The van der Waals surface area contributed by atoms with Gasteiger partial charge in [0.15, 0.2) is 0 Å². The Labute approximate surface area is 411 Å². The van der Waals surface area contributed by atoms with Gasteiger partial charge in [0, 0.05) is 45.0 Å². The standard InChI is InChI=1S/C68H52N2/c1-67(2)61-29-17-15-23-53(61)55-41-39-51(43-63(55)67)70(52-40-42-56-54-24-16-18-30-62(54)68(3,4)64(56)44-52)50-37-35-49(36-38-50)69(47-21-9-6-10-22-47)48-33-31-46(32-34-48)66-59-27-13-11-25-57(59)65(45-19-7-5-8-20-45)58-26-12-14-28-60(58)66/h5-44H,1-4H3. The van der Waals surface area contributed by atoms with Crippen LogP contribution in [0.25, 0.3) is 66.1 Å². The van der Waals surface area contributed by atoms with Crippen LogP contribution in [-0.2, 0) is 10.8 Å². The molecule has 0 unspecified atom stereocenters. The molecule has 0 radical (unpaired) electrons.